The van der Waals surface area contributed by atoms with Crippen LogP contribution in [-0.2, 0) is 11.0 Å². The lowest BCUT2D eigenvalue weighted by molar-refractivity contribution is -0.787. The van der Waals surface area contributed by atoms with Crippen LogP contribution in [0.2, 0.25) is 5.02 Å². The molecule has 1 aliphatic carbocycles. The second kappa shape index (κ2) is 12.9. The highest BCUT2D eigenvalue weighted by atomic mass is 35.5. The monoisotopic (exact) mass is 593 g/mol. The molecule has 2 aromatic carbocycles. The lowest BCUT2D eigenvalue weighted by Gasteiger charge is -2.26. The van der Waals surface area contributed by atoms with Crippen molar-refractivity contribution in [3.63, 3.8) is 0 Å². The van der Waals surface area contributed by atoms with Crippen LogP contribution in [-0.4, -0.2) is 42.7 Å². The first-order valence-corrected chi connectivity index (χ1v) is 13.6. The Balaban J connectivity index is 1.41. The molecule has 13 heteroatoms. The van der Waals surface area contributed by atoms with Crippen molar-refractivity contribution in [1.82, 2.24) is 10.2 Å². The van der Waals surface area contributed by atoms with Gasteiger partial charge in [0.05, 0.1) is 11.5 Å². The van der Waals surface area contributed by atoms with Crippen molar-refractivity contribution < 1.29 is 32.0 Å². The number of anilines is 3. The zero-order valence-corrected chi connectivity index (χ0v) is 23.7. The van der Waals surface area contributed by atoms with Gasteiger partial charge in [0.25, 0.3) is 6.20 Å². The van der Waals surface area contributed by atoms with Gasteiger partial charge >= 0.3 is 18.1 Å². The van der Waals surface area contributed by atoms with Gasteiger partial charge in [-0.25, -0.2) is 4.79 Å². The maximum atomic E-state index is 13.6. The van der Waals surface area contributed by atoms with E-state index in [2.05, 4.69) is 40.2 Å². The Labute approximate surface area is 241 Å². The summed E-state index contributed by atoms with van der Waals surface area (Å²) in [5, 5.41) is 11.7. The smallest absolute Gasteiger partial charge is 0.325 e. The summed E-state index contributed by atoms with van der Waals surface area (Å²) in [5.74, 6) is -0.625. The molecular weight excluding hydrogens is 561 g/mol. The first-order chi connectivity index (χ1) is 19.4. The minimum atomic E-state index is -4.72. The summed E-state index contributed by atoms with van der Waals surface area (Å²) in [6.07, 6.45) is 0.799. The summed E-state index contributed by atoms with van der Waals surface area (Å²) in [6, 6.07) is 8.83. The number of rotatable bonds is 8. The Morgan fingerprint density at radius 1 is 1.07 bits per heavy atom. The van der Waals surface area contributed by atoms with E-state index in [0.29, 0.717) is 16.5 Å². The first-order valence-electron chi connectivity index (χ1n) is 13.3. The zero-order valence-electron chi connectivity index (χ0n) is 23.0. The lowest BCUT2D eigenvalue weighted by Crippen LogP contribution is -2.43. The van der Waals surface area contributed by atoms with E-state index in [1.807, 2.05) is 0 Å². The molecule has 1 aromatic heterocycles. The van der Waals surface area contributed by atoms with Gasteiger partial charge in [0, 0.05) is 35.8 Å². The SMILES string of the molecule is CC(C(=O)Nc1cc(NC(=O)Nc2c[n+](C3CCC(CN(C)C)CC3)no2)cc(C(F)(F)F)c1)c1ccccc1Cl. The first kappa shape index (κ1) is 30.3. The molecule has 0 radical (unpaired) electrons. The minimum absolute atomic E-state index is 0.0481. The molecule has 0 saturated heterocycles. The van der Waals surface area contributed by atoms with Crippen LogP contribution in [0.1, 0.15) is 55.7 Å². The van der Waals surface area contributed by atoms with Gasteiger partial charge in [-0.1, -0.05) is 29.8 Å². The second-order valence-electron chi connectivity index (χ2n) is 10.6. The Morgan fingerprint density at radius 2 is 1.73 bits per heavy atom. The van der Waals surface area contributed by atoms with Crippen molar-refractivity contribution in [2.75, 3.05) is 36.6 Å². The molecule has 4 rings (SSSR count). The number of hydrogen-bond donors (Lipinski definition) is 3. The highest BCUT2D eigenvalue weighted by Gasteiger charge is 2.33. The van der Waals surface area contributed by atoms with Gasteiger partial charge in [0.2, 0.25) is 11.2 Å². The summed E-state index contributed by atoms with van der Waals surface area (Å²) < 4.78 is 47.8. The normalized spacial score (nSPS) is 18.1. The molecule has 1 saturated carbocycles. The molecule has 1 aliphatic rings. The third-order valence-electron chi connectivity index (χ3n) is 7.08. The third-order valence-corrected chi connectivity index (χ3v) is 7.43. The number of aromatic nitrogens is 2. The molecule has 3 amide bonds. The van der Waals surface area contributed by atoms with E-state index in [-0.39, 0.29) is 23.3 Å². The minimum Gasteiger partial charge on any atom is -0.325 e. The summed E-state index contributed by atoms with van der Waals surface area (Å²) in [7, 11) is 4.11. The van der Waals surface area contributed by atoms with Gasteiger partial charge < -0.3 is 15.5 Å². The van der Waals surface area contributed by atoms with Crippen LogP contribution in [0.3, 0.4) is 0 Å². The van der Waals surface area contributed by atoms with Gasteiger partial charge in [-0.2, -0.15) is 13.2 Å². The Bertz CT molecular complexity index is 1370. The number of benzene rings is 2. The van der Waals surface area contributed by atoms with Crippen LogP contribution < -0.4 is 20.6 Å². The summed E-state index contributed by atoms with van der Waals surface area (Å²) in [4.78, 5) is 27.6. The maximum Gasteiger partial charge on any atom is 0.416 e. The predicted octanol–water partition coefficient (Wildman–Crippen LogP) is 6.31. The number of nitrogens with one attached hydrogen (secondary N) is 3. The van der Waals surface area contributed by atoms with Crippen molar-refractivity contribution in [2.45, 2.75) is 50.7 Å². The maximum absolute atomic E-state index is 13.6. The molecule has 0 bridgehead atoms. The number of urea groups is 1. The van der Waals surface area contributed by atoms with Crippen molar-refractivity contribution >= 4 is 40.8 Å². The highest BCUT2D eigenvalue weighted by Crippen LogP contribution is 2.34. The highest BCUT2D eigenvalue weighted by molar-refractivity contribution is 6.31. The van der Waals surface area contributed by atoms with Crippen LogP contribution >= 0.6 is 11.6 Å². The van der Waals surface area contributed by atoms with Gasteiger partial charge in [-0.05, 0) is 74.3 Å². The quantitative estimate of drug-likeness (QED) is 0.266. The summed E-state index contributed by atoms with van der Waals surface area (Å²) in [5.41, 5.74) is -0.827. The van der Waals surface area contributed by atoms with Gasteiger partial charge in [-0.3, -0.25) is 14.6 Å². The largest absolute Gasteiger partial charge is 0.416 e. The van der Waals surface area contributed by atoms with Crippen molar-refractivity contribution in [3.05, 3.63) is 64.8 Å². The van der Waals surface area contributed by atoms with Crippen LogP contribution in [0.25, 0.3) is 0 Å². The Kier molecular flexibility index (Phi) is 9.54. The van der Waals surface area contributed by atoms with E-state index in [1.165, 1.54) is 6.07 Å². The average molecular weight is 594 g/mol. The molecule has 0 spiro atoms. The summed E-state index contributed by atoms with van der Waals surface area (Å²) in [6.45, 7) is 2.63. The van der Waals surface area contributed by atoms with Crippen LogP contribution in [0, 0.1) is 5.92 Å². The number of amides is 3. The van der Waals surface area contributed by atoms with E-state index in [0.717, 1.165) is 44.4 Å². The van der Waals surface area contributed by atoms with Crippen LogP contribution in [0.15, 0.2) is 53.2 Å². The molecule has 3 aromatic rings. The van der Waals surface area contributed by atoms with E-state index in [9.17, 15) is 22.8 Å². The van der Waals surface area contributed by atoms with Gasteiger partial charge in [0.15, 0.2) is 6.04 Å². The lowest BCUT2D eigenvalue weighted by atomic mass is 9.86. The topological polar surface area (TPSA) is 103 Å². The number of carbonyl (C=O) groups excluding carboxylic acids is 2. The molecular formula is C28H33ClF3N6O3+. The van der Waals surface area contributed by atoms with E-state index in [1.54, 1.807) is 42.1 Å². The van der Waals surface area contributed by atoms with Crippen molar-refractivity contribution in [1.29, 1.82) is 0 Å². The van der Waals surface area contributed by atoms with E-state index >= 15 is 0 Å². The Hall–Kier alpha value is -3.64. The molecule has 3 N–H and O–H groups in total. The fraction of sp³-hybridized carbons (Fsp3) is 0.429. The Morgan fingerprint density at radius 3 is 2.37 bits per heavy atom. The van der Waals surface area contributed by atoms with Gasteiger partial charge in [-0.15, -0.1) is 0 Å². The fourth-order valence-corrected chi connectivity index (χ4v) is 5.32. The van der Waals surface area contributed by atoms with Crippen LogP contribution in [0.4, 0.5) is 35.2 Å². The number of hydrogen-bond acceptors (Lipinski definition) is 5. The fourth-order valence-electron chi connectivity index (χ4n) is 5.02. The molecule has 1 atom stereocenters. The third kappa shape index (κ3) is 8.20. The number of alkyl halides is 3. The molecule has 1 heterocycles. The predicted molar refractivity (Wildman–Crippen MR) is 149 cm³/mol. The average Bonchev–Trinajstić information content (AvgIpc) is 3.36. The van der Waals surface area contributed by atoms with Crippen LogP contribution in [0.5, 0.6) is 0 Å². The zero-order chi connectivity index (χ0) is 29.7. The molecule has 1 unspecified atom stereocenters. The molecule has 41 heavy (non-hydrogen) atoms. The van der Waals surface area contributed by atoms with E-state index < -0.39 is 29.6 Å². The van der Waals surface area contributed by atoms with E-state index in [4.69, 9.17) is 16.1 Å². The van der Waals surface area contributed by atoms with Gasteiger partial charge in [0.1, 0.15) is 0 Å². The van der Waals surface area contributed by atoms with Crippen molar-refractivity contribution in [3.8, 4) is 0 Å². The molecule has 0 aliphatic heterocycles. The molecule has 1 fully saturated rings. The second-order valence-corrected chi connectivity index (χ2v) is 11.0. The molecule has 220 valence electrons. The number of nitrogens with zero attached hydrogens (tertiary/aromatic N) is 3. The number of halogens is 4. The van der Waals surface area contributed by atoms with Crippen molar-refractivity contribution in [2.24, 2.45) is 5.92 Å². The standard InChI is InChI=1S/C28H32ClF3N6O3/c1-17(23-6-4-5-7-24(23)29)26(39)33-20-12-19(28(30,31)32)13-21(14-20)34-27(40)35-25-16-38(36-41-25)22-10-8-18(9-11-22)15-37(2)3/h4-7,12-14,16-18,22H,8-11,15H2,1-3H3,(H2-,33,34,35,36,39,40)/p+1. The molecule has 9 nitrogen and oxygen atoms in total. The summed E-state index contributed by atoms with van der Waals surface area (Å²) >= 11 is 6.17. The number of carbonyl (C=O) groups is 2.